The van der Waals surface area contributed by atoms with Crippen LogP contribution in [-0.2, 0) is 4.79 Å². The number of nitrogens with zero attached hydrogens (tertiary/aromatic N) is 2. The van der Waals surface area contributed by atoms with Crippen LogP contribution in [0.15, 0.2) is 64.3 Å². The molecule has 0 radical (unpaired) electrons. The number of hydrogen-bond acceptors (Lipinski definition) is 6. The Hall–Kier alpha value is -3.19. The summed E-state index contributed by atoms with van der Waals surface area (Å²) in [4.78, 5) is 33.1. The van der Waals surface area contributed by atoms with Gasteiger partial charge in [-0.3, -0.25) is 9.59 Å². The van der Waals surface area contributed by atoms with Crippen molar-refractivity contribution in [2.75, 3.05) is 5.32 Å². The van der Waals surface area contributed by atoms with Crippen molar-refractivity contribution in [1.82, 2.24) is 9.97 Å². The molecule has 2 aromatic heterocycles. The molecule has 2 aromatic carbocycles. The lowest BCUT2D eigenvalue weighted by molar-refractivity contribution is -0.115. The van der Waals surface area contributed by atoms with E-state index in [1.807, 2.05) is 24.3 Å². The second kappa shape index (κ2) is 7.44. The van der Waals surface area contributed by atoms with Gasteiger partial charge in [0.05, 0.1) is 10.9 Å². The summed E-state index contributed by atoms with van der Waals surface area (Å²) in [6.07, 6.45) is 1.47. The third-order valence-electron chi connectivity index (χ3n) is 4.35. The van der Waals surface area contributed by atoms with Gasteiger partial charge in [0.15, 0.2) is 11.4 Å². The maximum Gasteiger partial charge on any atom is 0.237 e. The second-order valence-electron chi connectivity index (χ2n) is 6.31. The molecule has 4 rings (SSSR count). The van der Waals surface area contributed by atoms with Crippen molar-refractivity contribution in [2.24, 2.45) is 0 Å². The predicted octanol–water partition coefficient (Wildman–Crippen LogP) is 4.70. The van der Waals surface area contributed by atoms with E-state index in [-0.39, 0.29) is 11.7 Å². The van der Waals surface area contributed by atoms with Crippen LogP contribution in [0, 0.1) is 0 Å². The molecular formula is C21H17N3O3S. The third-order valence-corrected chi connectivity index (χ3v) is 5.43. The Labute approximate surface area is 165 Å². The van der Waals surface area contributed by atoms with Crippen molar-refractivity contribution < 1.29 is 14.0 Å². The number of amides is 1. The van der Waals surface area contributed by atoms with Crippen molar-refractivity contribution in [3.05, 3.63) is 60.4 Å². The fourth-order valence-electron chi connectivity index (χ4n) is 2.94. The number of anilines is 1. The van der Waals surface area contributed by atoms with Crippen molar-refractivity contribution in [1.29, 1.82) is 0 Å². The number of rotatable bonds is 5. The monoisotopic (exact) mass is 391 g/mol. The fraction of sp³-hybridized carbons (Fsp3) is 0.143. The SMILES string of the molecule is CC(=O)c1ccccc1NC(=O)[C@H](C)Sc1ncnc2c1oc1ccccc12. The molecule has 0 unspecified atom stereocenters. The van der Waals surface area contributed by atoms with Crippen molar-refractivity contribution in [3.63, 3.8) is 0 Å². The van der Waals surface area contributed by atoms with Gasteiger partial charge >= 0.3 is 0 Å². The topological polar surface area (TPSA) is 85.1 Å². The average Bonchev–Trinajstić information content (AvgIpc) is 3.08. The van der Waals surface area contributed by atoms with Crippen molar-refractivity contribution in [2.45, 2.75) is 24.1 Å². The number of carbonyl (C=O) groups excluding carboxylic acids is 2. The van der Waals surface area contributed by atoms with Crippen LogP contribution in [0.2, 0.25) is 0 Å². The van der Waals surface area contributed by atoms with Crippen LogP contribution in [0.3, 0.4) is 0 Å². The first-order chi connectivity index (χ1) is 13.5. The van der Waals surface area contributed by atoms with Crippen LogP contribution < -0.4 is 5.32 Å². The van der Waals surface area contributed by atoms with E-state index in [1.54, 1.807) is 31.2 Å². The summed E-state index contributed by atoms with van der Waals surface area (Å²) in [6.45, 7) is 3.26. The molecular weight excluding hydrogens is 374 g/mol. The lowest BCUT2D eigenvalue weighted by Crippen LogP contribution is -2.23. The molecule has 0 spiro atoms. The van der Waals surface area contributed by atoms with Gasteiger partial charge in [0.25, 0.3) is 0 Å². The molecule has 0 saturated carbocycles. The lowest BCUT2D eigenvalue weighted by Gasteiger charge is -2.13. The Morgan fingerprint density at radius 2 is 1.82 bits per heavy atom. The number of Topliss-reactive ketones (excluding diaryl/α,β-unsaturated/α-hetero) is 1. The van der Waals surface area contributed by atoms with Crippen molar-refractivity contribution in [3.8, 4) is 0 Å². The zero-order valence-corrected chi connectivity index (χ0v) is 16.1. The molecule has 28 heavy (non-hydrogen) atoms. The number of furan rings is 1. The van der Waals surface area contributed by atoms with E-state index in [1.165, 1.54) is 25.0 Å². The molecule has 6 nitrogen and oxygen atoms in total. The van der Waals surface area contributed by atoms with Gasteiger partial charge in [0.1, 0.15) is 22.5 Å². The Kier molecular flexibility index (Phi) is 4.83. The number of carbonyl (C=O) groups is 2. The number of ketones is 1. The number of benzene rings is 2. The summed E-state index contributed by atoms with van der Waals surface area (Å²) in [5, 5.41) is 3.89. The van der Waals surface area contributed by atoms with Gasteiger partial charge in [0.2, 0.25) is 5.91 Å². The first-order valence-corrected chi connectivity index (χ1v) is 9.62. The highest BCUT2D eigenvalue weighted by Gasteiger charge is 2.21. The van der Waals surface area contributed by atoms with E-state index >= 15 is 0 Å². The van der Waals surface area contributed by atoms with Gasteiger partial charge in [-0.15, -0.1) is 0 Å². The molecule has 1 amide bonds. The fourth-order valence-corrected chi connectivity index (χ4v) is 3.80. The Morgan fingerprint density at radius 3 is 2.64 bits per heavy atom. The van der Waals surface area contributed by atoms with Crippen LogP contribution in [0.1, 0.15) is 24.2 Å². The summed E-state index contributed by atoms with van der Waals surface area (Å²) in [6, 6.07) is 14.6. The number of fused-ring (bicyclic) bond motifs is 3. The van der Waals surface area contributed by atoms with Gasteiger partial charge < -0.3 is 9.73 Å². The van der Waals surface area contributed by atoms with E-state index in [4.69, 9.17) is 4.42 Å². The van der Waals surface area contributed by atoms with E-state index < -0.39 is 5.25 Å². The number of nitrogens with one attached hydrogen (secondary N) is 1. The van der Waals surface area contributed by atoms with Gasteiger partial charge in [0, 0.05) is 10.9 Å². The first kappa shape index (κ1) is 18.2. The predicted molar refractivity (Wildman–Crippen MR) is 110 cm³/mol. The molecule has 0 fully saturated rings. The highest BCUT2D eigenvalue weighted by molar-refractivity contribution is 8.00. The highest BCUT2D eigenvalue weighted by Crippen LogP contribution is 2.34. The molecule has 0 bridgehead atoms. The lowest BCUT2D eigenvalue weighted by atomic mass is 10.1. The summed E-state index contributed by atoms with van der Waals surface area (Å²) in [7, 11) is 0. The molecule has 7 heteroatoms. The molecule has 2 heterocycles. The molecule has 0 aliphatic heterocycles. The van der Waals surface area contributed by atoms with E-state index in [0.29, 0.717) is 21.9 Å². The minimum absolute atomic E-state index is 0.101. The Morgan fingerprint density at radius 1 is 1.07 bits per heavy atom. The Bertz CT molecular complexity index is 1200. The minimum atomic E-state index is -0.452. The number of hydrogen-bond donors (Lipinski definition) is 1. The summed E-state index contributed by atoms with van der Waals surface area (Å²) < 4.78 is 5.91. The van der Waals surface area contributed by atoms with Gasteiger partial charge in [-0.25, -0.2) is 9.97 Å². The molecule has 0 aliphatic rings. The van der Waals surface area contributed by atoms with Crippen molar-refractivity contribution >= 4 is 51.2 Å². The third kappa shape index (κ3) is 3.36. The Balaban J connectivity index is 1.59. The standard InChI is InChI=1S/C21H17N3O3S/c1-12(25)14-7-3-5-9-16(14)24-20(26)13(2)28-21-19-18(22-11-23-21)15-8-4-6-10-17(15)27-19/h3-11,13H,1-2H3,(H,24,26)/t13-/m0/s1. The maximum atomic E-state index is 12.7. The second-order valence-corrected chi connectivity index (χ2v) is 7.64. The average molecular weight is 391 g/mol. The summed E-state index contributed by atoms with van der Waals surface area (Å²) in [5.74, 6) is -0.322. The van der Waals surface area contributed by atoms with Crippen LogP contribution in [0.5, 0.6) is 0 Å². The van der Waals surface area contributed by atoms with E-state index in [2.05, 4.69) is 15.3 Å². The number of aromatic nitrogens is 2. The van der Waals surface area contributed by atoms with E-state index in [0.717, 1.165) is 16.5 Å². The molecule has 140 valence electrons. The quantitative estimate of drug-likeness (QED) is 0.302. The molecule has 0 saturated heterocycles. The van der Waals surface area contributed by atoms with Crippen LogP contribution >= 0.6 is 11.8 Å². The minimum Gasteiger partial charge on any atom is -0.451 e. The zero-order valence-electron chi connectivity index (χ0n) is 15.3. The zero-order chi connectivity index (χ0) is 19.7. The van der Waals surface area contributed by atoms with Gasteiger partial charge in [-0.2, -0.15) is 0 Å². The maximum absolute atomic E-state index is 12.7. The van der Waals surface area contributed by atoms with Gasteiger partial charge in [-0.1, -0.05) is 36.0 Å². The molecule has 0 aliphatic carbocycles. The normalized spacial score (nSPS) is 12.2. The summed E-state index contributed by atoms with van der Waals surface area (Å²) >= 11 is 1.29. The van der Waals surface area contributed by atoms with E-state index in [9.17, 15) is 9.59 Å². The first-order valence-electron chi connectivity index (χ1n) is 8.74. The number of thioether (sulfide) groups is 1. The number of para-hydroxylation sites is 2. The smallest absolute Gasteiger partial charge is 0.237 e. The van der Waals surface area contributed by atoms with Crippen LogP contribution in [0.4, 0.5) is 5.69 Å². The summed E-state index contributed by atoms with van der Waals surface area (Å²) in [5.41, 5.74) is 3.01. The largest absolute Gasteiger partial charge is 0.451 e. The molecule has 1 atom stereocenters. The molecule has 4 aromatic rings. The van der Waals surface area contributed by atoms with Crippen LogP contribution in [-0.4, -0.2) is 26.9 Å². The van der Waals surface area contributed by atoms with Gasteiger partial charge in [-0.05, 0) is 38.1 Å². The highest BCUT2D eigenvalue weighted by atomic mass is 32.2. The molecule has 1 N–H and O–H groups in total. The van der Waals surface area contributed by atoms with Crippen LogP contribution in [0.25, 0.3) is 22.1 Å².